The van der Waals surface area contributed by atoms with Crippen molar-refractivity contribution in [2.45, 2.75) is 12.5 Å². The van der Waals surface area contributed by atoms with Gasteiger partial charge < -0.3 is 19.5 Å². The minimum Gasteiger partial charge on any atom is -0.494 e. The van der Waals surface area contributed by atoms with Crippen LogP contribution in [0.25, 0.3) is 0 Å². The maximum Gasteiger partial charge on any atom is 0.310 e. The molecule has 1 fully saturated rings. The van der Waals surface area contributed by atoms with E-state index in [0.717, 1.165) is 18.7 Å². The third-order valence-electron chi connectivity index (χ3n) is 3.60. The molecule has 1 aliphatic heterocycles. The Morgan fingerprint density at radius 2 is 2.15 bits per heavy atom. The highest BCUT2D eigenvalue weighted by atomic mass is 16.5. The largest absolute Gasteiger partial charge is 0.494 e. The number of benzene rings is 1. The van der Waals surface area contributed by atoms with Crippen LogP contribution in [0.5, 0.6) is 5.75 Å². The highest BCUT2D eigenvalue weighted by Crippen LogP contribution is 2.19. The number of para-hydroxylation sites is 1. The standard InChI is InChI=1S/C15H21NO4/c1-16(14-11-19-10-13(14)15(17)18)8-5-9-20-12-6-3-2-4-7-12/h2-4,6-7,13-14H,5,8-11H2,1H3,(H,17,18). The molecule has 1 heterocycles. The van der Waals surface area contributed by atoms with Gasteiger partial charge >= 0.3 is 5.97 Å². The Morgan fingerprint density at radius 3 is 2.85 bits per heavy atom. The van der Waals surface area contributed by atoms with Crippen molar-refractivity contribution in [1.29, 1.82) is 0 Å². The fraction of sp³-hybridized carbons (Fsp3) is 0.533. The summed E-state index contributed by atoms with van der Waals surface area (Å²) in [7, 11) is 1.94. The first-order chi connectivity index (χ1) is 9.68. The predicted molar refractivity (Wildman–Crippen MR) is 74.9 cm³/mol. The topological polar surface area (TPSA) is 59.0 Å². The van der Waals surface area contributed by atoms with Gasteiger partial charge in [-0.15, -0.1) is 0 Å². The van der Waals surface area contributed by atoms with Crippen LogP contribution in [0.2, 0.25) is 0 Å². The van der Waals surface area contributed by atoms with Gasteiger partial charge in [-0.25, -0.2) is 0 Å². The van der Waals surface area contributed by atoms with Crippen LogP contribution in [0.1, 0.15) is 6.42 Å². The lowest BCUT2D eigenvalue weighted by atomic mass is 10.0. The molecule has 0 radical (unpaired) electrons. The maximum atomic E-state index is 11.1. The third kappa shape index (κ3) is 3.95. The van der Waals surface area contributed by atoms with Gasteiger partial charge in [-0.3, -0.25) is 4.79 Å². The molecule has 0 aliphatic carbocycles. The van der Waals surface area contributed by atoms with Crippen LogP contribution >= 0.6 is 0 Å². The first-order valence-electron chi connectivity index (χ1n) is 6.87. The monoisotopic (exact) mass is 279 g/mol. The Hall–Kier alpha value is -1.59. The van der Waals surface area contributed by atoms with Crippen LogP contribution in [0.4, 0.5) is 0 Å². The molecule has 0 bridgehead atoms. The first-order valence-corrected chi connectivity index (χ1v) is 6.87. The number of hydrogen-bond donors (Lipinski definition) is 1. The van der Waals surface area contributed by atoms with Crippen LogP contribution in [0.3, 0.4) is 0 Å². The van der Waals surface area contributed by atoms with E-state index >= 15 is 0 Å². The lowest BCUT2D eigenvalue weighted by Gasteiger charge is -2.25. The molecule has 0 aromatic heterocycles. The highest BCUT2D eigenvalue weighted by molar-refractivity contribution is 5.71. The van der Waals surface area contributed by atoms with Crippen LogP contribution in [-0.2, 0) is 9.53 Å². The summed E-state index contributed by atoms with van der Waals surface area (Å²) < 4.78 is 10.9. The SMILES string of the molecule is CN(CCCOc1ccccc1)C1COCC1C(=O)O. The van der Waals surface area contributed by atoms with E-state index in [9.17, 15) is 4.79 Å². The smallest absolute Gasteiger partial charge is 0.310 e. The quantitative estimate of drug-likeness (QED) is 0.766. The number of rotatable bonds is 7. The second-order valence-corrected chi connectivity index (χ2v) is 5.05. The number of aliphatic carboxylic acids is 1. The number of carboxylic acids is 1. The molecular formula is C15H21NO4. The third-order valence-corrected chi connectivity index (χ3v) is 3.60. The fourth-order valence-electron chi connectivity index (χ4n) is 2.40. The Morgan fingerprint density at radius 1 is 1.40 bits per heavy atom. The highest BCUT2D eigenvalue weighted by Gasteiger charge is 2.36. The van der Waals surface area contributed by atoms with Crippen molar-refractivity contribution in [2.75, 3.05) is 33.4 Å². The zero-order valence-electron chi connectivity index (χ0n) is 11.7. The van der Waals surface area contributed by atoms with E-state index < -0.39 is 11.9 Å². The van der Waals surface area contributed by atoms with Crippen LogP contribution in [0.15, 0.2) is 30.3 Å². The number of likely N-dealkylation sites (N-methyl/N-ethyl adjacent to an activating group) is 1. The number of hydrogen-bond acceptors (Lipinski definition) is 4. The molecule has 0 amide bonds. The molecule has 1 aromatic rings. The lowest BCUT2D eigenvalue weighted by molar-refractivity contribution is -0.143. The minimum absolute atomic E-state index is 0.0378. The normalized spacial score (nSPS) is 22.1. The summed E-state index contributed by atoms with van der Waals surface area (Å²) in [6.45, 7) is 2.22. The van der Waals surface area contributed by atoms with E-state index in [4.69, 9.17) is 14.6 Å². The average molecular weight is 279 g/mol. The molecule has 110 valence electrons. The molecular weight excluding hydrogens is 258 g/mol. The van der Waals surface area contributed by atoms with Gasteiger partial charge in [0.1, 0.15) is 5.75 Å². The minimum atomic E-state index is -0.778. The lowest BCUT2D eigenvalue weighted by Crippen LogP contribution is -2.41. The van der Waals surface area contributed by atoms with Crippen LogP contribution < -0.4 is 4.74 Å². The Bertz CT molecular complexity index is 423. The van der Waals surface area contributed by atoms with Gasteiger partial charge in [-0.05, 0) is 25.6 Å². The van der Waals surface area contributed by atoms with E-state index in [1.54, 1.807) is 0 Å². The zero-order chi connectivity index (χ0) is 14.4. The Labute approximate surface area is 119 Å². The molecule has 2 atom stereocenters. The molecule has 5 nitrogen and oxygen atoms in total. The van der Waals surface area contributed by atoms with Gasteiger partial charge in [-0.2, -0.15) is 0 Å². The predicted octanol–water partition coefficient (Wildman–Crippen LogP) is 1.49. The van der Waals surface area contributed by atoms with Crippen molar-refractivity contribution in [2.24, 2.45) is 5.92 Å². The van der Waals surface area contributed by atoms with Crippen molar-refractivity contribution in [3.05, 3.63) is 30.3 Å². The Balaban J connectivity index is 1.70. The number of carbonyl (C=O) groups is 1. The van der Waals surface area contributed by atoms with E-state index in [1.807, 2.05) is 37.4 Å². The molecule has 0 saturated carbocycles. The Kier molecular flexibility index (Phi) is 5.38. The summed E-state index contributed by atoms with van der Waals surface area (Å²) in [4.78, 5) is 13.2. The van der Waals surface area contributed by atoms with Gasteiger partial charge in [0.2, 0.25) is 0 Å². The van der Waals surface area contributed by atoms with Gasteiger partial charge in [0.25, 0.3) is 0 Å². The molecule has 0 spiro atoms. The van der Waals surface area contributed by atoms with Crippen molar-refractivity contribution >= 4 is 5.97 Å². The van der Waals surface area contributed by atoms with E-state index in [2.05, 4.69) is 4.90 Å². The van der Waals surface area contributed by atoms with E-state index in [1.165, 1.54) is 0 Å². The van der Waals surface area contributed by atoms with Crippen molar-refractivity contribution < 1.29 is 19.4 Å². The number of nitrogens with zero attached hydrogens (tertiary/aromatic N) is 1. The van der Waals surface area contributed by atoms with Crippen molar-refractivity contribution in [1.82, 2.24) is 4.90 Å². The number of carboxylic acid groups (broad SMARTS) is 1. The summed E-state index contributed by atoms with van der Waals surface area (Å²) in [6, 6.07) is 9.64. The molecule has 5 heteroatoms. The van der Waals surface area contributed by atoms with Gasteiger partial charge in [0, 0.05) is 12.6 Å². The fourth-order valence-corrected chi connectivity index (χ4v) is 2.40. The summed E-state index contributed by atoms with van der Waals surface area (Å²) in [5.41, 5.74) is 0. The van der Waals surface area contributed by atoms with Gasteiger partial charge in [0.05, 0.1) is 25.7 Å². The molecule has 20 heavy (non-hydrogen) atoms. The first kappa shape index (κ1) is 14.8. The van der Waals surface area contributed by atoms with E-state index in [-0.39, 0.29) is 6.04 Å². The molecule has 1 saturated heterocycles. The second kappa shape index (κ2) is 7.26. The van der Waals surface area contributed by atoms with Crippen molar-refractivity contribution in [3.63, 3.8) is 0 Å². The second-order valence-electron chi connectivity index (χ2n) is 5.05. The summed E-state index contributed by atoms with van der Waals surface area (Å²) in [5.74, 6) is -0.335. The average Bonchev–Trinajstić information content (AvgIpc) is 2.94. The van der Waals surface area contributed by atoms with Gasteiger partial charge in [0.15, 0.2) is 0 Å². The van der Waals surface area contributed by atoms with Crippen LogP contribution in [-0.4, -0.2) is 55.4 Å². The van der Waals surface area contributed by atoms with Gasteiger partial charge in [-0.1, -0.05) is 18.2 Å². The summed E-state index contributed by atoms with van der Waals surface area (Å²) in [5, 5.41) is 9.12. The molecule has 2 unspecified atom stereocenters. The van der Waals surface area contributed by atoms with E-state index in [0.29, 0.717) is 19.8 Å². The van der Waals surface area contributed by atoms with Crippen molar-refractivity contribution in [3.8, 4) is 5.75 Å². The summed E-state index contributed by atoms with van der Waals surface area (Å²) in [6.07, 6.45) is 0.855. The molecule has 1 aliphatic rings. The molecule has 1 aromatic carbocycles. The zero-order valence-corrected chi connectivity index (χ0v) is 11.7. The summed E-state index contributed by atoms with van der Waals surface area (Å²) >= 11 is 0. The maximum absolute atomic E-state index is 11.1. The molecule has 2 rings (SSSR count). The number of ether oxygens (including phenoxy) is 2. The molecule has 1 N–H and O–H groups in total. The van der Waals surface area contributed by atoms with Crippen LogP contribution in [0, 0.1) is 5.92 Å².